The van der Waals surface area contributed by atoms with Gasteiger partial charge in [-0.25, -0.2) is 0 Å². The maximum atomic E-state index is 12.1. The first-order chi connectivity index (χ1) is 10.2. The Morgan fingerprint density at radius 3 is 3.24 bits per heavy atom. The van der Waals surface area contributed by atoms with E-state index in [1.807, 2.05) is 12.1 Å². The highest BCUT2D eigenvalue weighted by Gasteiger charge is 2.30. The number of amides is 1. The highest BCUT2D eigenvalue weighted by molar-refractivity contribution is 7.13. The third kappa shape index (κ3) is 3.48. The molecule has 3 rings (SSSR count). The smallest absolute Gasteiger partial charge is 0.240 e. The van der Waals surface area contributed by atoms with Crippen molar-refractivity contribution in [2.75, 3.05) is 18.4 Å². The van der Waals surface area contributed by atoms with Gasteiger partial charge in [0.15, 0.2) is 0 Å². The van der Waals surface area contributed by atoms with Crippen molar-refractivity contribution in [1.82, 2.24) is 15.1 Å². The minimum atomic E-state index is -0.0575. The number of nitrogens with one attached hydrogen (secondary N) is 1. The number of likely N-dealkylation sites (tertiary alicyclic amines) is 1. The number of furan rings is 1. The fourth-order valence-corrected chi connectivity index (χ4v) is 3.19. The molecule has 2 aromatic heterocycles. The molecule has 7 heteroatoms. The van der Waals surface area contributed by atoms with Gasteiger partial charge in [-0.2, -0.15) is 0 Å². The minimum absolute atomic E-state index is 0.0575. The molecule has 1 aliphatic rings. The van der Waals surface area contributed by atoms with Crippen molar-refractivity contribution in [2.45, 2.75) is 25.8 Å². The van der Waals surface area contributed by atoms with Crippen LogP contribution in [0.5, 0.6) is 0 Å². The molecule has 0 saturated carbocycles. The van der Waals surface area contributed by atoms with Crippen molar-refractivity contribution in [1.29, 1.82) is 0 Å². The van der Waals surface area contributed by atoms with Gasteiger partial charge in [-0.05, 0) is 37.4 Å². The van der Waals surface area contributed by atoms with Crippen molar-refractivity contribution in [2.24, 2.45) is 5.92 Å². The molecule has 21 heavy (non-hydrogen) atoms. The van der Waals surface area contributed by atoms with Crippen LogP contribution in [0.4, 0.5) is 5.13 Å². The summed E-state index contributed by atoms with van der Waals surface area (Å²) in [7, 11) is 0. The molecule has 1 saturated heterocycles. The van der Waals surface area contributed by atoms with E-state index in [9.17, 15) is 4.79 Å². The standard InChI is InChI=1S/C14H18N4O2S/c1-10-4-5-18(11(7-10)12-3-2-6-20-12)8-13(19)16-14-17-15-9-21-14/h2-3,6,9-11H,4-5,7-8H2,1H3,(H,16,17,19)/t10-,11-/m0/s1. The van der Waals surface area contributed by atoms with E-state index in [1.54, 1.807) is 11.8 Å². The number of aromatic nitrogens is 2. The Morgan fingerprint density at radius 1 is 1.62 bits per heavy atom. The largest absolute Gasteiger partial charge is 0.468 e. The van der Waals surface area contributed by atoms with Crippen LogP contribution in [0.2, 0.25) is 0 Å². The molecule has 0 aliphatic carbocycles. The van der Waals surface area contributed by atoms with Crippen LogP contribution in [0.25, 0.3) is 0 Å². The lowest BCUT2D eigenvalue weighted by molar-refractivity contribution is -0.118. The van der Waals surface area contributed by atoms with Gasteiger partial charge in [-0.1, -0.05) is 18.3 Å². The predicted molar refractivity (Wildman–Crippen MR) is 80.0 cm³/mol. The molecule has 112 valence electrons. The van der Waals surface area contributed by atoms with Crippen LogP contribution < -0.4 is 5.32 Å². The summed E-state index contributed by atoms with van der Waals surface area (Å²) >= 11 is 1.32. The van der Waals surface area contributed by atoms with Crippen LogP contribution in [0.3, 0.4) is 0 Å². The van der Waals surface area contributed by atoms with Gasteiger partial charge in [0.25, 0.3) is 0 Å². The molecule has 2 atom stereocenters. The Bertz CT molecular complexity index is 570. The summed E-state index contributed by atoms with van der Waals surface area (Å²) in [5, 5.41) is 10.9. The summed E-state index contributed by atoms with van der Waals surface area (Å²) in [6.45, 7) is 3.49. The van der Waals surface area contributed by atoms with Gasteiger partial charge in [0.2, 0.25) is 11.0 Å². The van der Waals surface area contributed by atoms with Gasteiger partial charge in [0, 0.05) is 0 Å². The Labute approximate surface area is 127 Å². The molecule has 0 bridgehead atoms. The van der Waals surface area contributed by atoms with E-state index in [-0.39, 0.29) is 11.9 Å². The summed E-state index contributed by atoms with van der Waals surface area (Å²) < 4.78 is 5.55. The maximum Gasteiger partial charge on any atom is 0.240 e. The van der Waals surface area contributed by atoms with E-state index in [0.29, 0.717) is 17.6 Å². The molecule has 1 fully saturated rings. The average Bonchev–Trinajstić information content (AvgIpc) is 3.13. The van der Waals surface area contributed by atoms with Crippen LogP contribution in [0.1, 0.15) is 31.6 Å². The Hall–Kier alpha value is -1.73. The summed E-state index contributed by atoms with van der Waals surface area (Å²) in [5.74, 6) is 1.52. The first-order valence-corrected chi connectivity index (χ1v) is 7.94. The predicted octanol–water partition coefficient (Wildman–Crippen LogP) is 2.54. The zero-order valence-electron chi connectivity index (χ0n) is 11.9. The Balaban J connectivity index is 1.66. The quantitative estimate of drug-likeness (QED) is 0.940. The Morgan fingerprint density at radius 2 is 2.52 bits per heavy atom. The van der Waals surface area contributed by atoms with E-state index in [2.05, 4.69) is 27.3 Å². The van der Waals surface area contributed by atoms with Crippen LogP contribution in [-0.4, -0.2) is 34.1 Å². The van der Waals surface area contributed by atoms with E-state index in [0.717, 1.165) is 25.1 Å². The maximum absolute atomic E-state index is 12.1. The number of hydrogen-bond acceptors (Lipinski definition) is 6. The van der Waals surface area contributed by atoms with Gasteiger partial charge in [-0.15, -0.1) is 10.2 Å². The number of hydrogen-bond donors (Lipinski definition) is 1. The number of piperidine rings is 1. The number of anilines is 1. The molecule has 0 radical (unpaired) electrons. The van der Waals surface area contributed by atoms with Crippen LogP contribution in [-0.2, 0) is 4.79 Å². The van der Waals surface area contributed by atoms with Crippen molar-refractivity contribution in [3.8, 4) is 0 Å². The fraction of sp³-hybridized carbons (Fsp3) is 0.500. The fourth-order valence-electron chi connectivity index (χ4n) is 2.73. The van der Waals surface area contributed by atoms with Gasteiger partial charge in [-0.3, -0.25) is 15.0 Å². The van der Waals surface area contributed by atoms with E-state index in [1.165, 1.54) is 11.3 Å². The van der Waals surface area contributed by atoms with Crippen LogP contribution in [0.15, 0.2) is 28.3 Å². The van der Waals surface area contributed by atoms with Crippen LogP contribution in [0, 0.1) is 5.92 Å². The molecule has 3 heterocycles. The molecule has 0 unspecified atom stereocenters. The summed E-state index contributed by atoms with van der Waals surface area (Å²) in [5.41, 5.74) is 1.60. The van der Waals surface area contributed by atoms with Crippen molar-refractivity contribution in [3.05, 3.63) is 29.7 Å². The van der Waals surface area contributed by atoms with E-state index in [4.69, 9.17) is 4.42 Å². The number of carbonyl (C=O) groups excluding carboxylic acids is 1. The Kier molecular flexibility index (Phi) is 4.31. The zero-order chi connectivity index (χ0) is 14.7. The topological polar surface area (TPSA) is 71.3 Å². The first-order valence-electron chi connectivity index (χ1n) is 7.06. The highest BCUT2D eigenvalue weighted by Crippen LogP contribution is 2.33. The molecule has 1 N–H and O–H groups in total. The number of rotatable bonds is 4. The second kappa shape index (κ2) is 6.36. The van der Waals surface area contributed by atoms with Gasteiger partial charge in [0.1, 0.15) is 11.3 Å². The molecule has 0 spiro atoms. The molecule has 2 aromatic rings. The van der Waals surface area contributed by atoms with E-state index >= 15 is 0 Å². The van der Waals surface area contributed by atoms with Crippen molar-refractivity contribution in [3.63, 3.8) is 0 Å². The molecular weight excluding hydrogens is 288 g/mol. The lowest BCUT2D eigenvalue weighted by atomic mass is 9.91. The highest BCUT2D eigenvalue weighted by atomic mass is 32.1. The second-order valence-corrected chi connectivity index (χ2v) is 6.26. The van der Waals surface area contributed by atoms with Gasteiger partial charge < -0.3 is 4.42 Å². The van der Waals surface area contributed by atoms with Gasteiger partial charge in [0.05, 0.1) is 18.8 Å². The molecule has 1 aliphatic heterocycles. The first kappa shape index (κ1) is 14.2. The van der Waals surface area contributed by atoms with Crippen molar-refractivity contribution < 1.29 is 9.21 Å². The normalized spacial score (nSPS) is 23.1. The van der Waals surface area contributed by atoms with Gasteiger partial charge >= 0.3 is 0 Å². The minimum Gasteiger partial charge on any atom is -0.468 e. The number of nitrogens with zero attached hydrogens (tertiary/aromatic N) is 3. The third-order valence-electron chi connectivity index (χ3n) is 3.80. The average molecular weight is 306 g/mol. The molecular formula is C14H18N4O2S. The second-order valence-electron chi connectivity index (χ2n) is 5.42. The lowest BCUT2D eigenvalue weighted by Gasteiger charge is -2.36. The lowest BCUT2D eigenvalue weighted by Crippen LogP contribution is -2.41. The van der Waals surface area contributed by atoms with Crippen molar-refractivity contribution >= 4 is 22.4 Å². The monoisotopic (exact) mass is 306 g/mol. The molecule has 6 nitrogen and oxygen atoms in total. The molecule has 1 amide bonds. The zero-order valence-corrected chi connectivity index (χ0v) is 12.7. The summed E-state index contributed by atoms with van der Waals surface area (Å²) in [6.07, 6.45) is 3.80. The third-order valence-corrected chi connectivity index (χ3v) is 4.41. The number of carbonyl (C=O) groups is 1. The van der Waals surface area contributed by atoms with E-state index < -0.39 is 0 Å². The summed E-state index contributed by atoms with van der Waals surface area (Å²) in [4.78, 5) is 14.3. The summed E-state index contributed by atoms with van der Waals surface area (Å²) in [6, 6.07) is 4.05. The molecule has 0 aromatic carbocycles. The SMILES string of the molecule is C[C@H]1CCN(CC(=O)Nc2nncs2)[C@H](c2ccco2)C1. The van der Waals surface area contributed by atoms with Crippen LogP contribution >= 0.6 is 11.3 Å².